The van der Waals surface area contributed by atoms with Crippen molar-refractivity contribution in [1.29, 1.82) is 0 Å². The van der Waals surface area contributed by atoms with Gasteiger partial charge in [0.25, 0.3) is 5.91 Å². The predicted octanol–water partition coefficient (Wildman–Crippen LogP) is 4.33. The molecule has 0 aliphatic carbocycles. The lowest BCUT2D eigenvalue weighted by atomic mass is 10.1. The van der Waals surface area contributed by atoms with Crippen LogP contribution in [0.25, 0.3) is 0 Å². The van der Waals surface area contributed by atoms with E-state index in [1.54, 1.807) is 25.1 Å². The lowest BCUT2D eigenvalue weighted by molar-refractivity contribution is 0.102. The molecule has 5 heteroatoms. The summed E-state index contributed by atoms with van der Waals surface area (Å²) in [6.45, 7) is 1.80. The molecule has 19 heavy (non-hydrogen) atoms. The Kier molecular flexibility index (Phi) is 4.12. The summed E-state index contributed by atoms with van der Waals surface area (Å²) in [5.41, 5.74) is 1.20. The van der Waals surface area contributed by atoms with E-state index in [4.69, 9.17) is 11.6 Å². The first-order valence-corrected chi connectivity index (χ1v) is 6.36. The van der Waals surface area contributed by atoms with Crippen molar-refractivity contribution in [3.8, 4) is 0 Å². The number of hydrogen-bond acceptors (Lipinski definition) is 2. The smallest absolute Gasteiger partial charge is 0.256 e. The highest BCUT2D eigenvalue weighted by molar-refractivity contribution is 7.80. The molecule has 2 rings (SSSR count). The summed E-state index contributed by atoms with van der Waals surface area (Å²) < 4.78 is 13.6. The quantitative estimate of drug-likeness (QED) is 0.793. The second-order valence-corrected chi connectivity index (χ2v) is 4.97. The van der Waals surface area contributed by atoms with E-state index in [-0.39, 0.29) is 10.7 Å². The lowest BCUT2D eigenvalue weighted by Gasteiger charge is -2.10. The van der Waals surface area contributed by atoms with Gasteiger partial charge >= 0.3 is 0 Å². The van der Waals surface area contributed by atoms with E-state index < -0.39 is 11.7 Å². The number of hydrogen-bond donors (Lipinski definition) is 2. The van der Waals surface area contributed by atoms with Crippen LogP contribution in [0.5, 0.6) is 0 Å². The highest BCUT2D eigenvalue weighted by atomic mass is 35.5. The summed E-state index contributed by atoms with van der Waals surface area (Å²) in [7, 11) is 0. The van der Waals surface area contributed by atoms with Crippen LogP contribution in [0.15, 0.2) is 41.3 Å². The fourth-order valence-corrected chi connectivity index (χ4v) is 2.07. The third-order valence-corrected chi connectivity index (χ3v) is 3.26. The molecule has 0 spiro atoms. The number of aryl methyl sites for hydroxylation is 1. The summed E-state index contributed by atoms with van der Waals surface area (Å²) in [5.74, 6) is -0.985. The van der Waals surface area contributed by atoms with E-state index in [1.165, 1.54) is 18.2 Å². The molecule has 0 bridgehead atoms. The van der Waals surface area contributed by atoms with Crippen molar-refractivity contribution in [2.45, 2.75) is 11.8 Å². The van der Waals surface area contributed by atoms with E-state index in [1.807, 2.05) is 0 Å². The zero-order chi connectivity index (χ0) is 14.0. The molecule has 2 aromatic carbocycles. The Morgan fingerprint density at radius 2 is 2.05 bits per heavy atom. The fourth-order valence-electron chi connectivity index (χ4n) is 1.65. The van der Waals surface area contributed by atoms with Crippen LogP contribution in [0.3, 0.4) is 0 Å². The Morgan fingerprint density at radius 1 is 1.32 bits per heavy atom. The van der Waals surface area contributed by atoms with Gasteiger partial charge in [-0.25, -0.2) is 4.39 Å². The van der Waals surface area contributed by atoms with E-state index in [2.05, 4.69) is 17.9 Å². The largest absolute Gasteiger partial charge is 0.318 e. The van der Waals surface area contributed by atoms with Crippen LogP contribution in [0, 0.1) is 12.7 Å². The van der Waals surface area contributed by atoms with Crippen molar-refractivity contribution < 1.29 is 9.18 Å². The van der Waals surface area contributed by atoms with Crippen molar-refractivity contribution in [3.05, 3.63) is 58.4 Å². The topological polar surface area (TPSA) is 29.1 Å². The Balaban J connectivity index is 2.34. The predicted molar refractivity (Wildman–Crippen MR) is 77.8 cm³/mol. The summed E-state index contributed by atoms with van der Waals surface area (Å²) in [4.78, 5) is 12.8. The van der Waals surface area contributed by atoms with E-state index in [0.717, 1.165) is 5.56 Å². The summed E-state index contributed by atoms with van der Waals surface area (Å²) in [6, 6.07) is 9.42. The molecule has 0 aromatic heterocycles. The minimum absolute atomic E-state index is 0.0156. The molecule has 0 aliphatic heterocycles. The second kappa shape index (κ2) is 5.63. The van der Waals surface area contributed by atoms with E-state index in [0.29, 0.717) is 10.5 Å². The number of para-hydroxylation sites is 1. The van der Waals surface area contributed by atoms with Crippen LogP contribution in [-0.2, 0) is 0 Å². The van der Waals surface area contributed by atoms with Crippen LogP contribution in [-0.4, -0.2) is 5.91 Å². The summed E-state index contributed by atoms with van der Waals surface area (Å²) >= 11 is 10.0. The van der Waals surface area contributed by atoms with Crippen LogP contribution in [0.2, 0.25) is 5.02 Å². The molecule has 0 heterocycles. The number of rotatable bonds is 2. The molecular formula is C14H11ClFNOS. The maximum atomic E-state index is 13.6. The third-order valence-electron chi connectivity index (χ3n) is 2.67. The van der Waals surface area contributed by atoms with E-state index in [9.17, 15) is 9.18 Å². The molecule has 0 atom stereocenters. The maximum absolute atomic E-state index is 13.6. The maximum Gasteiger partial charge on any atom is 0.256 e. The number of anilines is 1. The summed E-state index contributed by atoms with van der Waals surface area (Å²) in [5, 5.41) is 2.64. The van der Waals surface area contributed by atoms with Crippen molar-refractivity contribution >= 4 is 35.8 Å². The first-order valence-electron chi connectivity index (χ1n) is 5.54. The second-order valence-electron chi connectivity index (χ2n) is 4.05. The lowest BCUT2D eigenvalue weighted by Crippen LogP contribution is -2.14. The Morgan fingerprint density at radius 3 is 2.74 bits per heavy atom. The molecule has 0 saturated carbocycles. The molecule has 0 unspecified atom stereocenters. The zero-order valence-corrected chi connectivity index (χ0v) is 11.7. The molecular weight excluding hydrogens is 285 g/mol. The number of amides is 1. The van der Waals surface area contributed by atoms with Crippen molar-refractivity contribution in [1.82, 2.24) is 0 Å². The van der Waals surface area contributed by atoms with Gasteiger partial charge in [-0.05, 0) is 36.8 Å². The Labute approximate surface area is 121 Å². The first-order chi connectivity index (χ1) is 8.99. The molecule has 0 saturated heterocycles. The van der Waals surface area contributed by atoms with Crippen LogP contribution < -0.4 is 5.32 Å². The molecule has 2 nitrogen and oxygen atoms in total. The van der Waals surface area contributed by atoms with E-state index >= 15 is 0 Å². The van der Waals surface area contributed by atoms with Crippen molar-refractivity contribution in [2.75, 3.05) is 5.32 Å². The number of nitrogens with one attached hydrogen (secondary N) is 1. The average Bonchev–Trinajstić information content (AvgIpc) is 2.37. The van der Waals surface area contributed by atoms with Gasteiger partial charge in [0.2, 0.25) is 0 Å². The van der Waals surface area contributed by atoms with Gasteiger partial charge in [0.05, 0.1) is 10.7 Å². The SMILES string of the molecule is Cc1ccc(S)cc1C(=O)Nc1c(F)cccc1Cl. The van der Waals surface area contributed by atoms with Gasteiger partial charge in [0.1, 0.15) is 5.82 Å². The van der Waals surface area contributed by atoms with Crippen molar-refractivity contribution in [2.24, 2.45) is 0 Å². The number of halogens is 2. The average molecular weight is 296 g/mol. The van der Waals surface area contributed by atoms with Gasteiger partial charge in [0.15, 0.2) is 0 Å². The Bertz CT molecular complexity index is 625. The highest BCUT2D eigenvalue weighted by Crippen LogP contribution is 2.25. The summed E-state index contributed by atoms with van der Waals surface area (Å²) in [6.07, 6.45) is 0. The monoisotopic (exact) mass is 295 g/mol. The van der Waals surface area contributed by atoms with Crippen LogP contribution in [0.4, 0.5) is 10.1 Å². The molecule has 0 radical (unpaired) electrons. The first kappa shape index (κ1) is 13.9. The molecule has 2 aromatic rings. The number of carbonyl (C=O) groups is 1. The van der Waals surface area contributed by atoms with Crippen LogP contribution in [0.1, 0.15) is 15.9 Å². The Hall–Kier alpha value is -1.52. The van der Waals surface area contributed by atoms with Gasteiger partial charge in [0, 0.05) is 10.5 Å². The molecule has 0 aliphatic rings. The van der Waals surface area contributed by atoms with Crippen molar-refractivity contribution in [3.63, 3.8) is 0 Å². The zero-order valence-electron chi connectivity index (χ0n) is 10.1. The number of benzene rings is 2. The minimum Gasteiger partial charge on any atom is -0.318 e. The normalized spacial score (nSPS) is 10.3. The highest BCUT2D eigenvalue weighted by Gasteiger charge is 2.14. The molecule has 0 fully saturated rings. The number of carbonyl (C=O) groups excluding carboxylic acids is 1. The van der Waals surface area contributed by atoms with Gasteiger partial charge in [-0.1, -0.05) is 23.7 Å². The van der Waals surface area contributed by atoms with Gasteiger partial charge in [-0.2, -0.15) is 0 Å². The molecule has 1 N–H and O–H groups in total. The third kappa shape index (κ3) is 3.08. The number of thiol groups is 1. The molecule has 1 amide bonds. The molecule has 98 valence electrons. The standard InChI is InChI=1S/C14H11ClFNOS/c1-8-5-6-9(19)7-10(8)14(18)17-13-11(15)3-2-4-12(13)16/h2-7,19H,1H3,(H,17,18). The van der Waals surface area contributed by atoms with Gasteiger partial charge in [-0.3, -0.25) is 4.79 Å². The van der Waals surface area contributed by atoms with Gasteiger partial charge in [-0.15, -0.1) is 12.6 Å². The van der Waals surface area contributed by atoms with Crippen LogP contribution >= 0.6 is 24.2 Å². The fraction of sp³-hybridized carbons (Fsp3) is 0.0714. The van der Waals surface area contributed by atoms with Gasteiger partial charge < -0.3 is 5.32 Å². The minimum atomic E-state index is -0.569.